The van der Waals surface area contributed by atoms with E-state index in [0.29, 0.717) is 28.0 Å². The second-order valence-corrected chi connectivity index (χ2v) is 4.77. The van der Waals surface area contributed by atoms with Gasteiger partial charge in [-0.3, -0.25) is 4.79 Å². The van der Waals surface area contributed by atoms with Gasteiger partial charge >= 0.3 is 0 Å². The number of benzene rings is 2. The highest BCUT2D eigenvalue weighted by molar-refractivity contribution is 6.30. The van der Waals surface area contributed by atoms with Crippen LogP contribution < -0.4 is 19.5 Å². The number of nitrogens with one attached hydrogen (secondary N) is 1. The van der Waals surface area contributed by atoms with Crippen LogP contribution >= 0.6 is 11.6 Å². The second-order valence-electron chi connectivity index (χ2n) is 4.34. The maximum absolute atomic E-state index is 11.9. The topological polar surface area (TPSA) is 56.8 Å². The normalized spacial score (nSPS) is 9.95. The highest BCUT2D eigenvalue weighted by atomic mass is 35.5. The first-order chi connectivity index (χ1) is 10.6. The smallest absolute Gasteiger partial charge is 0.262 e. The van der Waals surface area contributed by atoms with Gasteiger partial charge < -0.3 is 19.5 Å². The predicted octanol–water partition coefficient (Wildman–Crippen LogP) is 3.37. The Hall–Kier alpha value is -2.40. The third kappa shape index (κ3) is 4.05. The zero-order chi connectivity index (χ0) is 15.9. The van der Waals surface area contributed by atoms with Crippen LogP contribution in [0.2, 0.25) is 5.02 Å². The molecule has 1 N–H and O–H groups in total. The van der Waals surface area contributed by atoms with Gasteiger partial charge in [0.05, 0.1) is 14.2 Å². The van der Waals surface area contributed by atoms with Crippen molar-refractivity contribution in [3.63, 3.8) is 0 Å². The monoisotopic (exact) mass is 321 g/mol. The number of hydrogen-bond acceptors (Lipinski definition) is 4. The van der Waals surface area contributed by atoms with Crippen molar-refractivity contribution in [3.05, 3.63) is 47.5 Å². The molecule has 0 spiro atoms. The van der Waals surface area contributed by atoms with Crippen LogP contribution in [0, 0.1) is 0 Å². The molecule has 2 aromatic rings. The van der Waals surface area contributed by atoms with Crippen LogP contribution in [0.15, 0.2) is 42.5 Å². The highest BCUT2D eigenvalue weighted by Crippen LogP contribution is 2.36. The lowest BCUT2D eigenvalue weighted by molar-refractivity contribution is -0.118. The molecule has 0 atom stereocenters. The number of rotatable bonds is 6. The molecular weight excluding hydrogens is 306 g/mol. The summed E-state index contributed by atoms with van der Waals surface area (Å²) in [6, 6.07) is 12.0. The molecule has 2 aromatic carbocycles. The molecule has 0 aliphatic carbocycles. The fourth-order valence-corrected chi connectivity index (χ4v) is 1.97. The van der Waals surface area contributed by atoms with E-state index in [1.165, 1.54) is 14.2 Å². The van der Waals surface area contributed by atoms with Gasteiger partial charge in [0.1, 0.15) is 0 Å². The van der Waals surface area contributed by atoms with Crippen molar-refractivity contribution < 1.29 is 19.0 Å². The lowest BCUT2D eigenvalue weighted by Gasteiger charge is -2.13. The van der Waals surface area contributed by atoms with E-state index in [1.54, 1.807) is 42.5 Å². The van der Waals surface area contributed by atoms with Crippen molar-refractivity contribution in [1.82, 2.24) is 0 Å². The molecule has 0 heterocycles. The largest absolute Gasteiger partial charge is 0.493 e. The van der Waals surface area contributed by atoms with Gasteiger partial charge in [-0.25, -0.2) is 0 Å². The molecule has 0 saturated heterocycles. The minimum Gasteiger partial charge on any atom is -0.493 e. The lowest BCUT2D eigenvalue weighted by Crippen LogP contribution is -2.20. The average Bonchev–Trinajstić information content (AvgIpc) is 2.54. The van der Waals surface area contributed by atoms with Crippen molar-refractivity contribution in [3.8, 4) is 17.2 Å². The van der Waals surface area contributed by atoms with Crippen LogP contribution in [-0.2, 0) is 4.79 Å². The first-order valence-corrected chi connectivity index (χ1v) is 6.91. The fourth-order valence-electron chi connectivity index (χ4n) is 1.84. The lowest BCUT2D eigenvalue weighted by atomic mass is 10.3. The SMILES string of the molecule is COc1cccc(OCC(=O)Nc2ccc(Cl)cc2)c1OC. The summed E-state index contributed by atoms with van der Waals surface area (Å²) in [5.74, 6) is 1.14. The third-order valence-corrected chi connectivity index (χ3v) is 3.11. The van der Waals surface area contributed by atoms with Crippen molar-refractivity contribution in [1.29, 1.82) is 0 Å². The van der Waals surface area contributed by atoms with Gasteiger partial charge in [0.15, 0.2) is 18.1 Å². The maximum Gasteiger partial charge on any atom is 0.262 e. The number of carbonyl (C=O) groups excluding carboxylic acids is 1. The molecule has 0 fully saturated rings. The van der Waals surface area contributed by atoms with E-state index in [1.807, 2.05) is 0 Å². The fraction of sp³-hybridized carbons (Fsp3) is 0.188. The van der Waals surface area contributed by atoms with E-state index >= 15 is 0 Å². The zero-order valence-corrected chi connectivity index (χ0v) is 13.0. The summed E-state index contributed by atoms with van der Waals surface area (Å²) >= 11 is 5.79. The second kappa shape index (κ2) is 7.56. The Labute approximate surface area is 133 Å². The van der Waals surface area contributed by atoms with E-state index in [-0.39, 0.29) is 12.5 Å². The van der Waals surface area contributed by atoms with Crippen molar-refractivity contribution in [2.24, 2.45) is 0 Å². The molecule has 0 saturated carbocycles. The van der Waals surface area contributed by atoms with Crippen LogP contribution in [0.5, 0.6) is 17.2 Å². The molecule has 5 nitrogen and oxygen atoms in total. The Morgan fingerprint density at radius 2 is 1.73 bits per heavy atom. The van der Waals surface area contributed by atoms with Gasteiger partial charge in [-0.15, -0.1) is 0 Å². The number of halogens is 1. The Balaban J connectivity index is 1.98. The molecule has 0 radical (unpaired) electrons. The molecule has 0 unspecified atom stereocenters. The summed E-state index contributed by atoms with van der Waals surface area (Å²) in [4.78, 5) is 11.9. The molecule has 0 aliphatic rings. The Bertz CT molecular complexity index is 643. The summed E-state index contributed by atoms with van der Waals surface area (Å²) < 4.78 is 15.9. The first kappa shape index (κ1) is 16.0. The molecular formula is C16H16ClNO4. The zero-order valence-electron chi connectivity index (χ0n) is 12.3. The Morgan fingerprint density at radius 1 is 1.05 bits per heavy atom. The summed E-state index contributed by atoms with van der Waals surface area (Å²) in [7, 11) is 3.05. The maximum atomic E-state index is 11.9. The van der Waals surface area contributed by atoms with E-state index in [4.69, 9.17) is 25.8 Å². The molecule has 6 heteroatoms. The van der Waals surface area contributed by atoms with E-state index in [9.17, 15) is 4.79 Å². The Morgan fingerprint density at radius 3 is 2.36 bits per heavy atom. The summed E-state index contributed by atoms with van der Waals surface area (Å²) in [5.41, 5.74) is 0.649. The number of anilines is 1. The number of carbonyl (C=O) groups is 1. The number of methoxy groups -OCH3 is 2. The van der Waals surface area contributed by atoms with Crippen LogP contribution in [0.25, 0.3) is 0 Å². The summed E-state index contributed by atoms with van der Waals surface area (Å²) in [6.07, 6.45) is 0. The van der Waals surface area contributed by atoms with Crippen molar-refractivity contribution in [2.45, 2.75) is 0 Å². The van der Waals surface area contributed by atoms with Gasteiger partial charge in [-0.05, 0) is 36.4 Å². The molecule has 22 heavy (non-hydrogen) atoms. The van der Waals surface area contributed by atoms with Gasteiger partial charge in [-0.2, -0.15) is 0 Å². The number of hydrogen-bond donors (Lipinski definition) is 1. The molecule has 0 aliphatic heterocycles. The number of amides is 1. The third-order valence-electron chi connectivity index (χ3n) is 2.85. The minimum atomic E-state index is -0.285. The minimum absolute atomic E-state index is 0.147. The average molecular weight is 322 g/mol. The van der Waals surface area contributed by atoms with Crippen molar-refractivity contribution in [2.75, 3.05) is 26.1 Å². The van der Waals surface area contributed by atoms with Crippen molar-refractivity contribution >= 4 is 23.2 Å². The highest BCUT2D eigenvalue weighted by Gasteiger charge is 2.12. The van der Waals surface area contributed by atoms with Gasteiger partial charge in [-0.1, -0.05) is 17.7 Å². The Kier molecular flexibility index (Phi) is 5.49. The van der Waals surface area contributed by atoms with Crippen LogP contribution in [0.4, 0.5) is 5.69 Å². The summed E-state index contributed by atoms with van der Waals surface area (Å²) in [6.45, 7) is -0.147. The number of para-hydroxylation sites is 1. The molecule has 0 bridgehead atoms. The number of ether oxygens (including phenoxy) is 3. The first-order valence-electron chi connectivity index (χ1n) is 6.53. The van der Waals surface area contributed by atoms with Crippen LogP contribution in [0.1, 0.15) is 0 Å². The molecule has 0 aromatic heterocycles. The molecule has 2 rings (SSSR count). The molecule has 116 valence electrons. The van der Waals surface area contributed by atoms with E-state index < -0.39 is 0 Å². The van der Waals surface area contributed by atoms with Gasteiger partial charge in [0, 0.05) is 10.7 Å². The van der Waals surface area contributed by atoms with E-state index in [2.05, 4.69) is 5.32 Å². The standard InChI is InChI=1S/C16H16ClNO4/c1-20-13-4-3-5-14(16(13)21-2)22-10-15(19)18-12-8-6-11(17)7-9-12/h3-9H,10H2,1-2H3,(H,18,19). The quantitative estimate of drug-likeness (QED) is 0.886. The van der Waals surface area contributed by atoms with E-state index in [0.717, 1.165) is 0 Å². The predicted molar refractivity (Wildman–Crippen MR) is 85.1 cm³/mol. The van der Waals surface area contributed by atoms with Crippen LogP contribution in [0.3, 0.4) is 0 Å². The molecule has 1 amide bonds. The summed E-state index contributed by atoms with van der Waals surface area (Å²) in [5, 5.41) is 3.32. The van der Waals surface area contributed by atoms with Gasteiger partial charge in [0.2, 0.25) is 5.75 Å². The van der Waals surface area contributed by atoms with Gasteiger partial charge in [0.25, 0.3) is 5.91 Å². The van der Waals surface area contributed by atoms with Crippen LogP contribution in [-0.4, -0.2) is 26.7 Å².